The van der Waals surface area contributed by atoms with Crippen LogP contribution >= 0.6 is 11.8 Å². The molecule has 3 heterocycles. The summed E-state index contributed by atoms with van der Waals surface area (Å²) in [6.45, 7) is 1.37. The molecule has 0 aliphatic carbocycles. The average molecular weight is 410 g/mol. The van der Waals surface area contributed by atoms with Crippen molar-refractivity contribution in [2.24, 2.45) is 5.73 Å². The summed E-state index contributed by atoms with van der Waals surface area (Å²) in [5, 5.41) is 9.73. The van der Waals surface area contributed by atoms with Gasteiger partial charge in [0.05, 0.1) is 31.1 Å². The lowest BCUT2D eigenvalue weighted by atomic mass is 10.0. The third-order valence-electron chi connectivity index (χ3n) is 5.05. The molecule has 0 amide bonds. The Morgan fingerprint density at radius 2 is 2.28 bits per heavy atom. The molecule has 0 unspecified atom stereocenters. The summed E-state index contributed by atoms with van der Waals surface area (Å²) < 4.78 is 18.9. The van der Waals surface area contributed by atoms with Crippen molar-refractivity contribution in [2.45, 2.75) is 16.9 Å². The third-order valence-corrected chi connectivity index (χ3v) is 5.81. The van der Waals surface area contributed by atoms with Crippen molar-refractivity contribution in [3.05, 3.63) is 42.1 Å². The number of imidazole rings is 1. The number of nitrogens with two attached hydrogens (primary N) is 1. The van der Waals surface area contributed by atoms with Crippen LogP contribution in [0.5, 0.6) is 11.6 Å². The molecule has 1 saturated heterocycles. The minimum atomic E-state index is -0.533. The summed E-state index contributed by atoms with van der Waals surface area (Å²) in [5.41, 5.74) is 8.83. The molecule has 7 nitrogen and oxygen atoms in total. The van der Waals surface area contributed by atoms with Crippen molar-refractivity contribution in [1.29, 1.82) is 5.26 Å². The SMILES string of the molecule is COc1cccc2ncc(-c3cc(OC[C@@]4(N)CCOC4)c(C#N)c(SC)c3)n12. The minimum Gasteiger partial charge on any atom is -0.490 e. The lowest BCUT2D eigenvalue weighted by Crippen LogP contribution is -2.46. The van der Waals surface area contributed by atoms with Crippen LogP contribution in [0.1, 0.15) is 12.0 Å². The van der Waals surface area contributed by atoms with Gasteiger partial charge in [0.2, 0.25) is 0 Å². The van der Waals surface area contributed by atoms with E-state index in [2.05, 4.69) is 11.1 Å². The molecule has 1 aromatic carbocycles. The lowest BCUT2D eigenvalue weighted by Gasteiger charge is -2.23. The Balaban J connectivity index is 1.80. The van der Waals surface area contributed by atoms with Crippen LogP contribution in [0.4, 0.5) is 0 Å². The van der Waals surface area contributed by atoms with Crippen molar-refractivity contribution in [2.75, 3.05) is 33.2 Å². The molecule has 0 radical (unpaired) electrons. The van der Waals surface area contributed by atoms with Gasteiger partial charge in [-0.05, 0) is 36.9 Å². The Labute approximate surface area is 173 Å². The van der Waals surface area contributed by atoms with Gasteiger partial charge in [-0.2, -0.15) is 5.26 Å². The van der Waals surface area contributed by atoms with E-state index in [-0.39, 0.29) is 6.61 Å². The lowest BCUT2D eigenvalue weighted by molar-refractivity contribution is 0.151. The quantitative estimate of drug-likeness (QED) is 0.624. The van der Waals surface area contributed by atoms with Crippen LogP contribution < -0.4 is 15.2 Å². The molecule has 1 fully saturated rings. The number of methoxy groups -OCH3 is 1. The van der Waals surface area contributed by atoms with Gasteiger partial charge in [0.15, 0.2) is 5.88 Å². The van der Waals surface area contributed by atoms with E-state index in [0.717, 1.165) is 28.2 Å². The zero-order chi connectivity index (χ0) is 20.4. The van der Waals surface area contributed by atoms with E-state index in [9.17, 15) is 5.26 Å². The molecule has 0 saturated carbocycles. The van der Waals surface area contributed by atoms with E-state index < -0.39 is 5.54 Å². The molecule has 1 aliphatic rings. The standard InChI is InChI=1S/C21H22N4O3S/c1-26-20-5-3-4-19-24-11-16(25(19)20)14-8-17(15(10-22)18(9-14)29-2)28-13-21(23)6-7-27-12-21/h3-5,8-9,11H,6-7,12-13,23H2,1-2H3/t21-/m1/s1. The maximum Gasteiger partial charge on any atom is 0.199 e. The number of thioether (sulfide) groups is 1. The normalized spacial score (nSPS) is 18.7. The monoisotopic (exact) mass is 410 g/mol. The van der Waals surface area contributed by atoms with Crippen LogP contribution in [-0.2, 0) is 4.74 Å². The van der Waals surface area contributed by atoms with Gasteiger partial charge in [0.25, 0.3) is 0 Å². The van der Waals surface area contributed by atoms with Crippen LogP contribution in [0.25, 0.3) is 16.9 Å². The molecule has 8 heteroatoms. The zero-order valence-corrected chi connectivity index (χ0v) is 17.2. The number of hydrogen-bond acceptors (Lipinski definition) is 7. The van der Waals surface area contributed by atoms with Gasteiger partial charge in [-0.1, -0.05) is 6.07 Å². The summed E-state index contributed by atoms with van der Waals surface area (Å²) in [4.78, 5) is 5.32. The Kier molecular flexibility index (Phi) is 5.37. The van der Waals surface area contributed by atoms with Crippen LogP contribution in [0.3, 0.4) is 0 Å². The van der Waals surface area contributed by atoms with Gasteiger partial charge in [-0.25, -0.2) is 4.98 Å². The molecular formula is C21H22N4O3S. The number of hydrogen-bond donors (Lipinski definition) is 1. The number of pyridine rings is 1. The topological polar surface area (TPSA) is 94.8 Å². The van der Waals surface area contributed by atoms with Gasteiger partial charge in [0.1, 0.15) is 29.6 Å². The Hall–Kier alpha value is -2.73. The molecular weight excluding hydrogens is 388 g/mol. The number of fused-ring (bicyclic) bond motifs is 1. The van der Waals surface area contributed by atoms with Crippen molar-refractivity contribution in [3.63, 3.8) is 0 Å². The molecule has 150 valence electrons. The van der Waals surface area contributed by atoms with Gasteiger partial charge in [0, 0.05) is 17.1 Å². The summed E-state index contributed by atoms with van der Waals surface area (Å²) in [6, 6.07) is 11.8. The first-order valence-corrected chi connectivity index (χ1v) is 10.4. The largest absolute Gasteiger partial charge is 0.490 e. The summed E-state index contributed by atoms with van der Waals surface area (Å²) in [5.74, 6) is 1.19. The highest BCUT2D eigenvalue weighted by Crippen LogP contribution is 2.36. The van der Waals surface area contributed by atoms with Crippen molar-refractivity contribution in [1.82, 2.24) is 9.38 Å². The van der Waals surface area contributed by atoms with E-state index >= 15 is 0 Å². The number of rotatable bonds is 6. The number of nitriles is 1. The van der Waals surface area contributed by atoms with Gasteiger partial charge in [-0.15, -0.1) is 11.8 Å². The highest BCUT2D eigenvalue weighted by molar-refractivity contribution is 7.98. The molecule has 29 heavy (non-hydrogen) atoms. The molecule has 1 atom stereocenters. The molecule has 2 aromatic heterocycles. The van der Waals surface area contributed by atoms with Crippen LogP contribution in [0, 0.1) is 11.3 Å². The molecule has 0 spiro atoms. The summed E-state index contributed by atoms with van der Waals surface area (Å²) in [7, 11) is 1.63. The molecule has 2 N–H and O–H groups in total. The fraction of sp³-hybridized carbons (Fsp3) is 0.333. The van der Waals surface area contributed by atoms with Gasteiger partial charge < -0.3 is 19.9 Å². The van der Waals surface area contributed by atoms with E-state index in [0.29, 0.717) is 30.4 Å². The third kappa shape index (κ3) is 3.65. The summed E-state index contributed by atoms with van der Waals surface area (Å²) in [6.07, 6.45) is 4.46. The van der Waals surface area contributed by atoms with Crippen molar-refractivity contribution >= 4 is 17.4 Å². The van der Waals surface area contributed by atoms with Gasteiger partial charge in [-0.3, -0.25) is 4.40 Å². The number of ether oxygens (including phenoxy) is 3. The van der Waals surface area contributed by atoms with Crippen LogP contribution in [0.2, 0.25) is 0 Å². The fourth-order valence-corrected chi connectivity index (χ4v) is 4.05. The summed E-state index contributed by atoms with van der Waals surface area (Å²) >= 11 is 1.50. The molecule has 1 aliphatic heterocycles. The Morgan fingerprint density at radius 1 is 1.41 bits per heavy atom. The van der Waals surface area contributed by atoms with E-state index in [1.807, 2.05) is 41.0 Å². The van der Waals surface area contributed by atoms with E-state index in [1.165, 1.54) is 11.8 Å². The van der Waals surface area contributed by atoms with Crippen molar-refractivity contribution in [3.8, 4) is 29.0 Å². The Bertz CT molecular complexity index is 1080. The van der Waals surface area contributed by atoms with E-state index in [1.54, 1.807) is 13.3 Å². The molecule has 3 aromatic rings. The average Bonchev–Trinajstić information content (AvgIpc) is 3.38. The maximum absolute atomic E-state index is 9.73. The predicted molar refractivity (Wildman–Crippen MR) is 112 cm³/mol. The fourth-order valence-electron chi connectivity index (χ4n) is 3.45. The van der Waals surface area contributed by atoms with Crippen molar-refractivity contribution < 1.29 is 14.2 Å². The number of nitrogens with zero attached hydrogens (tertiary/aromatic N) is 3. The second-order valence-corrected chi connectivity index (χ2v) is 7.87. The van der Waals surface area contributed by atoms with E-state index in [4.69, 9.17) is 19.9 Å². The first-order valence-electron chi connectivity index (χ1n) is 9.21. The second-order valence-electron chi connectivity index (χ2n) is 7.02. The van der Waals surface area contributed by atoms with Crippen LogP contribution in [0.15, 0.2) is 41.4 Å². The second kappa shape index (κ2) is 7.95. The first-order chi connectivity index (χ1) is 14.1. The molecule has 0 bridgehead atoms. The highest BCUT2D eigenvalue weighted by Gasteiger charge is 2.32. The highest BCUT2D eigenvalue weighted by atomic mass is 32.2. The maximum atomic E-state index is 9.73. The Morgan fingerprint density at radius 3 is 2.97 bits per heavy atom. The zero-order valence-electron chi connectivity index (χ0n) is 16.3. The number of aromatic nitrogens is 2. The van der Waals surface area contributed by atoms with Gasteiger partial charge >= 0.3 is 0 Å². The number of benzene rings is 1. The molecule has 4 rings (SSSR count). The minimum absolute atomic E-state index is 0.287. The smallest absolute Gasteiger partial charge is 0.199 e. The predicted octanol–water partition coefficient (Wildman–Crippen LogP) is 3.10. The van der Waals surface area contributed by atoms with Crippen LogP contribution in [-0.4, -0.2) is 48.1 Å². The first kappa shape index (κ1) is 19.6.